The minimum Gasteiger partial charge on any atom is -0.497 e. The third kappa shape index (κ3) is 4.03. The number of benzene rings is 2. The lowest BCUT2D eigenvalue weighted by Crippen LogP contribution is -2.16. The Morgan fingerprint density at radius 2 is 1.08 bits per heavy atom. The van der Waals surface area contributed by atoms with Crippen molar-refractivity contribution in [2.75, 3.05) is 42.7 Å². The number of hydrogen-bond donors (Lipinski definition) is 0. The standard InChI is InChI=1S/C20H26O6/c1-21-15-9-7-13(8-10-15)18(24-4)19(25-5)14-11-16(22-2)20(26-6)17(12-14)23-3/h7-12,18-19H,1-6H3/t18-,19-/m1/s1. The van der Waals surface area contributed by atoms with Crippen molar-refractivity contribution in [3.63, 3.8) is 0 Å². The van der Waals surface area contributed by atoms with Crippen LogP contribution in [0.15, 0.2) is 36.4 Å². The van der Waals surface area contributed by atoms with Crippen LogP contribution in [0.5, 0.6) is 23.0 Å². The first-order valence-corrected chi connectivity index (χ1v) is 8.12. The van der Waals surface area contributed by atoms with E-state index < -0.39 is 0 Å². The Bertz CT molecular complexity index is 673. The third-order valence-corrected chi connectivity index (χ3v) is 4.24. The molecule has 0 radical (unpaired) electrons. The summed E-state index contributed by atoms with van der Waals surface area (Å²) in [5.74, 6) is 2.44. The van der Waals surface area contributed by atoms with Gasteiger partial charge in [-0.15, -0.1) is 0 Å². The molecule has 0 aliphatic heterocycles. The molecule has 0 bridgehead atoms. The second-order valence-electron chi connectivity index (χ2n) is 5.54. The highest BCUT2D eigenvalue weighted by Crippen LogP contribution is 2.43. The average molecular weight is 362 g/mol. The second kappa shape index (κ2) is 9.31. The SMILES string of the molecule is COc1ccc([C@@H](OC)[C@H](OC)c2cc(OC)c(OC)c(OC)c2)cc1. The Labute approximate surface area is 154 Å². The number of ether oxygens (including phenoxy) is 6. The Morgan fingerprint density at radius 3 is 1.46 bits per heavy atom. The topological polar surface area (TPSA) is 55.4 Å². The number of rotatable bonds is 9. The van der Waals surface area contributed by atoms with E-state index in [1.165, 1.54) is 0 Å². The minimum atomic E-state index is -0.373. The summed E-state index contributed by atoms with van der Waals surface area (Å²) < 4.78 is 33.0. The fourth-order valence-corrected chi connectivity index (χ4v) is 2.93. The highest BCUT2D eigenvalue weighted by molar-refractivity contribution is 5.54. The van der Waals surface area contributed by atoms with Crippen LogP contribution in [0.2, 0.25) is 0 Å². The van der Waals surface area contributed by atoms with Crippen LogP contribution in [0.1, 0.15) is 23.3 Å². The van der Waals surface area contributed by atoms with Crippen LogP contribution in [0, 0.1) is 0 Å². The van der Waals surface area contributed by atoms with E-state index in [1.807, 2.05) is 36.4 Å². The summed E-state index contributed by atoms with van der Waals surface area (Å²) in [7, 11) is 9.67. The zero-order chi connectivity index (χ0) is 19.1. The van der Waals surface area contributed by atoms with Crippen LogP contribution < -0.4 is 18.9 Å². The molecule has 2 aromatic carbocycles. The first-order valence-electron chi connectivity index (χ1n) is 8.12. The van der Waals surface area contributed by atoms with Crippen LogP contribution in [0.3, 0.4) is 0 Å². The first-order chi connectivity index (χ1) is 12.6. The Balaban J connectivity index is 2.47. The second-order valence-corrected chi connectivity index (χ2v) is 5.54. The van der Waals surface area contributed by atoms with Gasteiger partial charge in [-0.05, 0) is 35.4 Å². The summed E-state index contributed by atoms with van der Waals surface area (Å²) >= 11 is 0. The molecule has 26 heavy (non-hydrogen) atoms. The molecule has 0 N–H and O–H groups in total. The van der Waals surface area contributed by atoms with Crippen molar-refractivity contribution < 1.29 is 28.4 Å². The Kier molecular flexibility index (Phi) is 7.12. The van der Waals surface area contributed by atoms with Gasteiger partial charge in [0.05, 0.1) is 28.4 Å². The highest BCUT2D eigenvalue weighted by atomic mass is 16.5. The molecular formula is C20H26O6. The Hall–Kier alpha value is -2.44. The normalized spacial score (nSPS) is 13.0. The van der Waals surface area contributed by atoms with E-state index >= 15 is 0 Å². The van der Waals surface area contributed by atoms with Crippen molar-refractivity contribution >= 4 is 0 Å². The smallest absolute Gasteiger partial charge is 0.203 e. The molecule has 0 aliphatic carbocycles. The quantitative estimate of drug-likeness (QED) is 0.676. The molecule has 0 unspecified atom stereocenters. The van der Waals surface area contributed by atoms with E-state index in [9.17, 15) is 0 Å². The number of methoxy groups -OCH3 is 6. The summed E-state index contributed by atoms with van der Waals surface area (Å²) in [6, 6.07) is 11.4. The number of hydrogen-bond acceptors (Lipinski definition) is 6. The van der Waals surface area contributed by atoms with Gasteiger partial charge in [0.15, 0.2) is 11.5 Å². The van der Waals surface area contributed by atoms with Gasteiger partial charge in [0.1, 0.15) is 18.0 Å². The van der Waals surface area contributed by atoms with Gasteiger partial charge < -0.3 is 28.4 Å². The molecule has 2 atom stereocenters. The van der Waals surface area contributed by atoms with Crippen molar-refractivity contribution in [1.29, 1.82) is 0 Å². The van der Waals surface area contributed by atoms with E-state index in [2.05, 4.69) is 0 Å². The molecule has 0 amide bonds. The van der Waals surface area contributed by atoms with E-state index in [-0.39, 0.29) is 12.2 Å². The maximum atomic E-state index is 5.76. The molecule has 0 saturated heterocycles. The van der Waals surface area contributed by atoms with Gasteiger partial charge >= 0.3 is 0 Å². The van der Waals surface area contributed by atoms with Gasteiger partial charge in [0.2, 0.25) is 5.75 Å². The Morgan fingerprint density at radius 1 is 0.577 bits per heavy atom. The molecular weight excluding hydrogens is 336 g/mol. The summed E-state index contributed by atoms with van der Waals surface area (Å²) in [6.07, 6.45) is -0.698. The maximum Gasteiger partial charge on any atom is 0.203 e. The van der Waals surface area contributed by atoms with Gasteiger partial charge in [-0.25, -0.2) is 0 Å². The molecule has 0 aliphatic rings. The van der Waals surface area contributed by atoms with Gasteiger partial charge in [-0.3, -0.25) is 0 Å². The van der Waals surface area contributed by atoms with Crippen molar-refractivity contribution in [3.8, 4) is 23.0 Å². The first kappa shape index (κ1) is 19.9. The predicted molar refractivity (Wildman–Crippen MR) is 98.6 cm³/mol. The van der Waals surface area contributed by atoms with Crippen molar-refractivity contribution in [2.45, 2.75) is 12.2 Å². The summed E-state index contributed by atoms with van der Waals surface area (Å²) in [4.78, 5) is 0. The lowest BCUT2D eigenvalue weighted by atomic mass is 9.97. The molecule has 0 fully saturated rings. The maximum absolute atomic E-state index is 5.76. The summed E-state index contributed by atoms with van der Waals surface area (Å²) in [5, 5.41) is 0. The predicted octanol–water partition coefficient (Wildman–Crippen LogP) is 3.80. The van der Waals surface area contributed by atoms with Gasteiger partial charge in [-0.2, -0.15) is 0 Å². The van der Waals surface area contributed by atoms with E-state index in [1.54, 1.807) is 42.7 Å². The third-order valence-electron chi connectivity index (χ3n) is 4.24. The molecule has 6 heteroatoms. The molecule has 2 aromatic rings. The van der Waals surface area contributed by atoms with Crippen molar-refractivity contribution in [1.82, 2.24) is 0 Å². The molecule has 2 rings (SSSR count). The van der Waals surface area contributed by atoms with Crippen LogP contribution >= 0.6 is 0 Å². The molecule has 0 aromatic heterocycles. The monoisotopic (exact) mass is 362 g/mol. The van der Waals surface area contributed by atoms with Crippen molar-refractivity contribution in [2.24, 2.45) is 0 Å². The summed E-state index contributed by atoms with van der Waals surface area (Å²) in [6.45, 7) is 0. The highest BCUT2D eigenvalue weighted by Gasteiger charge is 2.27. The van der Waals surface area contributed by atoms with Crippen LogP contribution in [-0.2, 0) is 9.47 Å². The van der Waals surface area contributed by atoms with E-state index in [4.69, 9.17) is 28.4 Å². The molecule has 0 saturated carbocycles. The lowest BCUT2D eigenvalue weighted by Gasteiger charge is -2.27. The van der Waals surface area contributed by atoms with E-state index in [0.717, 1.165) is 16.9 Å². The van der Waals surface area contributed by atoms with Crippen LogP contribution in [0.25, 0.3) is 0 Å². The van der Waals surface area contributed by atoms with Gasteiger partial charge in [0, 0.05) is 14.2 Å². The zero-order valence-corrected chi connectivity index (χ0v) is 16.1. The largest absolute Gasteiger partial charge is 0.497 e. The average Bonchev–Trinajstić information content (AvgIpc) is 2.70. The molecule has 0 spiro atoms. The van der Waals surface area contributed by atoms with Crippen molar-refractivity contribution in [3.05, 3.63) is 47.5 Å². The molecule has 142 valence electrons. The van der Waals surface area contributed by atoms with E-state index in [0.29, 0.717) is 17.2 Å². The zero-order valence-electron chi connectivity index (χ0n) is 16.1. The van der Waals surface area contributed by atoms with Crippen LogP contribution in [-0.4, -0.2) is 42.7 Å². The van der Waals surface area contributed by atoms with Gasteiger partial charge in [0.25, 0.3) is 0 Å². The fourth-order valence-electron chi connectivity index (χ4n) is 2.93. The molecule has 6 nitrogen and oxygen atoms in total. The summed E-state index contributed by atoms with van der Waals surface area (Å²) in [5.41, 5.74) is 1.82. The lowest BCUT2D eigenvalue weighted by molar-refractivity contribution is -0.0399. The van der Waals surface area contributed by atoms with Gasteiger partial charge in [-0.1, -0.05) is 12.1 Å². The molecule has 0 heterocycles. The minimum absolute atomic E-state index is 0.325. The fraction of sp³-hybridized carbons (Fsp3) is 0.400. The van der Waals surface area contributed by atoms with Crippen LogP contribution in [0.4, 0.5) is 0 Å².